The summed E-state index contributed by atoms with van der Waals surface area (Å²) in [6.07, 6.45) is 0. The molecule has 0 aliphatic carbocycles. The number of anilines is 2. The molecule has 0 bridgehead atoms. The summed E-state index contributed by atoms with van der Waals surface area (Å²) in [5.41, 5.74) is 13.6. The zero-order chi connectivity index (χ0) is 17.8. The molecule has 2 aromatic carbocycles. The van der Waals surface area contributed by atoms with E-state index in [1.54, 1.807) is 24.3 Å². The van der Waals surface area contributed by atoms with Crippen molar-refractivity contribution < 1.29 is 4.74 Å². The molecule has 7 heteroatoms. The zero-order valence-corrected chi connectivity index (χ0v) is 13.9. The minimum absolute atomic E-state index is 0.0109. The van der Waals surface area contributed by atoms with E-state index in [9.17, 15) is 5.26 Å². The maximum Gasteiger partial charge on any atom is 0.222 e. The summed E-state index contributed by atoms with van der Waals surface area (Å²) in [6.45, 7) is 0.364. The molecule has 6 nitrogen and oxygen atoms in total. The van der Waals surface area contributed by atoms with Crippen molar-refractivity contribution in [1.82, 2.24) is 9.97 Å². The smallest absolute Gasteiger partial charge is 0.222 e. The van der Waals surface area contributed by atoms with Crippen molar-refractivity contribution in [2.24, 2.45) is 0 Å². The molecule has 124 valence electrons. The average molecular weight is 352 g/mol. The molecule has 0 radical (unpaired) electrons. The number of nitrogens with zero attached hydrogens (tertiary/aromatic N) is 3. The van der Waals surface area contributed by atoms with Crippen LogP contribution >= 0.6 is 11.6 Å². The van der Waals surface area contributed by atoms with Crippen LogP contribution < -0.4 is 16.2 Å². The van der Waals surface area contributed by atoms with Crippen LogP contribution in [0.25, 0.3) is 11.3 Å². The van der Waals surface area contributed by atoms with Crippen LogP contribution in [0.4, 0.5) is 11.8 Å². The van der Waals surface area contributed by atoms with Gasteiger partial charge in [0.25, 0.3) is 0 Å². The van der Waals surface area contributed by atoms with E-state index >= 15 is 0 Å². The van der Waals surface area contributed by atoms with Crippen LogP contribution in [0.2, 0.25) is 5.02 Å². The number of halogens is 1. The van der Waals surface area contributed by atoms with Crippen molar-refractivity contribution >= 4 is 23.4 Å². The van der Waals surface area contributed by atoms with E-state index in [0.717, 1.165) is 5.56 Å². The van der Waals surface area contributed by atoms with Gasteiger partial charge in [0.2, 0.25) is 5.95 Å². The third-order valence-electron chi connectivity index (χ3n) is 3.47. The van der Waals surface area contributed by atoms with E-state index in [-0.39, 0.29) is 17.3 Å². The fraction of sp³-hybridized carbons (Fsp3) is 0.0556. The lowest BCUT2D eigenvalue weighted by molar-refractivity contribution is 0.306. The fourth-order valence-corrected chi connectivity index (χ4v) is 2.55. The summed E-state index contributed by atoms with van der Waals surface area (Å²) in [5.74, 6) is 0.684. The van der Waals surface area contributed by atoms with Gasteiger partial charge in [0.15, 0.2) is 0 Å². The second-order valence-electron chi connectivity index (χ2n) is 5.25. The lowest BCUT2D eigenvalue weighted by Crippen LogP contribution is -2.05. The van der Waals surface area contributed by atoms with Gasteiger partial charge in [-0.1, -0.05) is 35.9 Å². The van der Waals surface area contributed by atoms with Crippen molar-refractivity contribution in [2.45, 2.75) is 6.61 Å². The van der Waals surface area contributed by atoms with Crippen LogP contribution in [0.3, 0.4) is 0 Å². The number of rotatable bonds is 4. The maximum atomic E-state index is 9.30. The van der Waals surface area contributed by atoms with Crippen LogP contribution in [0.15, 0.2) is 48.5 Å². The summed E-state index contributed by atoms with van der Waals surface area (Å²) >= 11 is 5.97. The molecule has 0 atom stereocenters. The quantitative estimate of drug-likeness (QED) is 0.745. The number of ether oxygens (including phenoxy) is 1. The molecule has 0 saturated heterocycles. The van der Waals surface area contributed by atoms with E-state index in [2.05, 4.69) is 9.97 Å². The largest absolute Gasteiger partial charge is 0.489 e. The van der Waals surface area contributed by atoms with E-state index in [1.807, 2.05) is 30.3 Å². The summed E-state index contributed by atoms with van der Waals surface area (Å²) < 4.78 is 5.80. The van der Waals surface area contributed by atoms with Gasteiger partial charge in [-0.2, -0.15) is 10.2 Å². The number of benzene rings is 2. The number of hydrogen-bond acceptors (Lipinski definition) is 6. The Morgan fingerprint density at radius 1 is 1.08 bits per heavy atom. The van der Waals surface area contributed by atoms with Crippen LogP contribution in [0.5, 0.6) is 5.75 Å². The fourth-order valence-electron chi connectivity index (χ4n) is 2.34. The second kappa shape index (κ2) is 7.07. The van der Waals surface area contributed by atoms with Crippen LogP contribution in [-0.2, 0) is 6.61 Å². The molecule has 1 aromatic heterocycles. The van der Waals surface area contributed by atoms with E-state index in [1.165, 1.54) is 0 Å². The molecule has 0 aliphatic heterocycles. The van der Waals surface area contributed by atoms with Gasteiger partial charge in [0, 0.05) is 10.6 Å². The Kier molecular flexibility index (Phi) is 4.68. The number of hydrogen-bond donors (Lipinski definition) is 2. The highest BCUT2D eigenvalue weighted by Crippen LogP contribution is 2.28. The lowest BCUT2D eigenvalue weighted by atomic mass is 10.1. The predicted octanol–water partition coefficient (Wildman–Crippen LogP) is 3.41. The van der Waals surface area contributed by atoms with Crippen LogP contribution in [0, 0.1) is 11.3 Å². The van der Waals surface area contributed by atoms with Gasteiger partial charge >= 0.3 is 0 Å². The Balaban J connectivity index is 1.89. The van der Waals surface area contributed by atoms with Gasteiger partial charge in [-0.05, 0) is 29.8 Å². The molecule has 1 heterocycles. The molecule has 3 rings (SSSR count). The highest BCUT2D eigenvalue weighted by Gasteiger charge is 2.13. The molecule has 0 spiro atoms. The molecule has 0 unspecified atom stereocenters. The minimum atomic E-state index is 0.0109. The first-order chi connectivity index (χ1) is 12.1. The minimum Gasteiger partial charge on any atom is -0.489 e. The monoisotopic (exact) mass is 351 g/mol. The highest BCUT2D eigenvalue weighted by molar-refractivity contribution is 6.30. The van der Waals surface area contributed by atoms with Gasteiger partial charge in [-0.3, -0.25) is 0 Å². The Labute approximate surface area is 149 Å². The van der Waals surface area contributed by atoms with Crippen LogP contribution in [-0.4, -0.2) is 9.97 Å². The van der Waals surface area contributed by atoms with Gasteiger partial charge in [-0.15, -0.1) is 0 Å². The van der Waals surface area contributed by atoms with E-state index in [4.69, 9.17) is 27.8 Å². The average Bonchev–Trinajstić information content (AvgIpc) is 2.60. The van der Waals surface area contributed by atoms with Gasteiger partial charge in [-0.25, -0.2) is 4.98 Å². The second-order valence-corrected chi connectivity index (χ2v) is 5.69. The van der Waals surface area contributed by atoms with Gasteiger partial charge in [0.05, 0.1) is 5.69 Å². The Morgan fingerprint density at radius 3 is 2.64 bits per heavy atom. The first-order valence-corrected chi connectivity index (χ1v) is 7.75. The lowest BCUT2D eigenvalue weighted by Gasteiger charge is -2.10. The number of aromatic nitrogens is 2. The highest BCUT2D eigenvalue weighted by atomic mass is 35.5. The first kappa shape index (κ1) is 16.6. The standard InChI is InChI=1S/C18H14ClN5O/c19-13-5-1-3-11(7-13)10-25-14-6-2-4-12(8-14)16-15(9-20)17(21)24-18(22)23-16/h1-8H,10H2,(H4,21,22,23,24). The van der Waals surface area contributed by atoms with Crippen molar-refractivity contribution in [2.75, 3.05) is 11.5 Å². The van der Waals surface area contributed by atoms with Gasteiger partial charge < -0.3 is 16.2 Å². The topological polar surface area (TPSA) is 111 Å². The molecular formula is C18H14ClN5O. The van der Waals surface area contributed by atoms with E-state index < -0.39 is 0 Å². The summed E-state index contributed by atoms with van der Waals surface area (Å²) in [7, 11) is 0. The normalized spacial score (nSPS) is 10.2. The Bertz CT molecular complexity index is 968. The third-order valence-corrected chi connectivity index (χ3v) is 3.70. The summed E-state index contributed by atoms with van der Waals surface area (Å²) in [4.78, 5) is 7.95. The summed E-state index contributed by atoms with van der Waals surface area (Å²) in [6, 6.07) is 16.6. The third kappa shape index (κ3) is 3.79. The molecular weight excluding hydrogens is 338 g/mol. The van der Waals surface area contributed by atoms with Crippen molar-refractivity contribution in [3.8, 4) is 23.1 Å². The number of nitrogens with two attached hydrogens (primary N) is 2. The Morgan fingerprint density at radius 2 is 1.88 bits per heavy atom. The van der Waals surface area contributed by atoms with Crippen LogP contribution in [0.1, 0.15) is 11.1 Å². The summed E-state index contributed by atoms with van der Waals surface area (Å²) in [5, 5.41) is 9.96. The number of nitriles is 1. The molecule has 0 fully saturated rings. The SMILES string of the molecule is N#Cc1c(N)nc(N)nc1-c1cccc(OCc2cccc(Cl)c2)c1. The Hall–Kier alpha value is -3.30. The molecule has 25 heavy (non-hydrogen) atoms. The molecule has 4 N–H and O–H groups in total. The van der Waals surface area contributed by atoms with Crippen molar-refractivity contribution in [1.29, 1.82) is 5.26 Å². The van der Waals surface area contributed by atoms with Crippen molar-refractivity contribution in [3.05, 3.63) is 64.7 Å². The zero-order valence-electron chi connectivity index (χ0n) is 13.1. The predicted molar refractivity (Wildman–Crippen MR) is 96.8 cm³/mol. The number of nitrogen functional groups attached to an aromatic ring is 2. The van der Waals surface area contributed by atoms with E-state index in [0.29, 0.717) is 28.6 Å². The van der Waals surface area contributed by atoms with Gasteiger partial charge in [0.1, 0.15) is 29.8 Å². The van der Waals surface area contributed by atoms with Crippen molar-refractivity contribution in [3.63, 3.8) is 0 Å². The molecule has 0 aliphatic rings. The maximum absolute atomic E-state index is 9.30. The molecule has 0 amide bonds. The molecule has 0 saturated carbocycles. The first-order valence-electron chi connectivity index (χ1n) is 7.37. The molecule has 3 aromatic rings.